The third-order valence-corrected chi connectivity index (χ3v) is 4.46. The molecule has 98 valence electrons. The fourth-order valence-corrected chi connectivity index (χ4v) is 3.49. The molecule has 4 heteroatoms. The Morgan fingerprint density at radius 3 is 2.53 bits per heavy atom. The van der Waals surface area contributed by atoms with Gasteiger partial charge in [0.1, 0.15) is 11.5 Å². The minimum absolute atomic E-state index is 0.750. The molecule has 0 unspecified atom stereocenters. The number of aromatic nitrogens is 2. The lowest BCUT2D eigenvalue weighted by Crippen LogP contribution is -1.98. The maximum absolute atomic E-state index is 6.31. The monoisotopic (exact) mass is 271 g/mol. The van der Waals surface area contributed by atoms with Crippen LogP contribution in [0.15, 0.2) is 24.3 Å². The molecule has 1 aromatic carbocycles. The third kappa shape index (κ3) is 1.83. The van der Waals surface area contributed by atoms with Gasteiger partial charge in [0.2, 0.25) is 0 Å². The van der Waals surface area contributed by atoms with Crippen LogP contribution in [-0.4, -0.2) is 9.38 Å². The number of nitrogens with zero attached hydrogens (tertiary/aromatic N) is 2. The molecule has 2 aromatic heterocycles. The predicted octanol–water partition coefficient (Wildman–Crippen LogP) is 3.82. The largest absolute Gasteiger partial charge is 0.383 e. The van der Waals surface area contributed by atoms with E-state index in [0.29, 0.717) is 0 Å². The summed E-state index contributed by atoms with van der Waals surface area (Å²) in [7, 11) is 0. The van der Waals surface area contributed by atoms with Crippen molar-refractivity contribution in [3.63, 3.8) is 0 Å². The quantitative estimate of drug-likeness (QED) is 0.770. The van der Waals surface area contributed by atoms with Gasteiger partial charge < -0.3 is 5.73 Å². The van der Waals surface area contributed by atoms with Crippen molar-refractivity contribution in [1.29, 1.82) is 0 Å². The van der Waals surface area contributed by atoms with Crippen molar-refractivity contribution in [3.8, 4) is 11.3 Å². The second-order valence-corrected chi connectivity index (χ2v) is 5.97. The number of nitrogen functional groups attached to an aromatic ring is 1. The predicted molar refractivity (Wildman–Crippen MR) is 81.8 cm³/mol. The summed E-state index contributed by atoms with van der Waals surface area (Å²) >= 11 is 1.71. The van der Waals surface area contributed by atoms with Crippen molar-refractivity contribution in [1.82, 2.24) is 9.38 Å². The summed E-state index contributed by atoms with van der Waals surface area (Å²) in [6.07, 6.45) is 0.972. The Morgan fingerprint density at radius 1 is 1.21 bits per heavy atom. The van der Waals surface area contributed by atoms with Crippen LogP contribution in [0, 0.1) is 13.8 Å². The Labute approximate surface area is 116 Å². The lowest BCUT2D eigenvalue weighted by Gasteiger charge is -2.02. The van der Waals surface area contributed by atoms with E-state index in [2.05, 4.69) is 49.4 Å². The van der Waals surface area contributed by atoms with Gasteiger partial charge >= 0.3 is 0 Å². The zero-order valence-electron chi connectivity index (χ0n) is 11.4. The van der Waals surface area contributed by atoms with Crippen LogP contribution >= 0.6 is 11.3 Å². The van der Waals surface area contributed by atoms with Crippen LogP contribution in [0.4, 0.5) is 5.82 Å². The number of aryl methyl sites for hydroxylation is 3. The molecule has 2 N–H and O–H groups in total. The summed E-state index contributed by atoms with van der Waals surface area (Å²) in [4.78, 5) is 6.98. The van der Waals surface area contributed by atoms with Crippen LogP contribution in [0.1, 0.15) is 23.1 Å². The van der Waals surface area contributed by atoms with E-state index in [9.17, 15) is 0 Å². The highest BCUT2D eigenvalue weighted by Crippen LogP contribution is 2.32. The minimum Gasteiger partial charge on any atom is -0.383 e. The van der Waals surface area contributed by atoms with Gasteiger partial charge in [-0.2, -0.15) is 0 Å². The number of anilines is 1. The molecule has 2 heterocycles. The van der Waals surface area contributed by atoms with Crippen LogP contribution in [-0.2, 0) is 6.42 Å². The molecule has 3 aromatic rings. The second-order valence-electron chi connectivity index (χ2n) is 4.79. The summed E-state index contributed by atoms with van der Waals surface area (Å²) in [6.45, 7) is 6.36. The van der Waals surface area contributed by atoms with E-state index in [4.69, 9.17) is 10.7 Å². The van der Waals surface area contributed by atoms with Gasteiger partial charge in [-0.25, -0.2) is 4.98 Å². The number of hydrogen-bond donors (Lipinski definition) is 1. The summed E-state index contributed by atoms with van der Waals surface area (Å²) < 4.78 is 2.09. The first kappa shape index (κ1) is 12.2. The van der Waals surface area contributed by atoms with E-state index in [1.165, 1.54) is 16.1 Å². The maximum atomic E-state index is 6.31. The van der Waals surface area contributed by atoms with Crippen molar-refractivity contribution < 1.29 is 0 Å². The first-order valence-corrected chi connectivity index (χ1v) is 7.26. The van der Waals surface area contributed by atoms with E-state index in [0.717, 1.165) is 28.5 Å². The Bertz CT molecular complexity index is 735. The SMILES string of the molecule is CCc1c(C)sc2nc(-c3ccc(C)cc3)c(N)n12. The van der Waals surface area contributed by atoms with E-state index in [1.807, 2.05) is 0 Å². The van der Waals surface area contributed by atoms with Crippen LogP contribution in [0.3, 0.4) is 0 Å². The van der Waals surface area contributed by atoms with E-state index in [-0.39, 0.29) is 0 Å². The normalized spacial score (nSPS) is 11.3. The topological polar surface area (TPSA) is 43.3 Å². The van der Waals surface area contributed by atoms with Gasteiger partial charge in [0.05, 0.1) is 0 Å². The Morgan fingerprint density at radius 2 is 1.89 bits per heavy atom. The van der Waals surface area contributed by atoms with Gasteiger partial charge in [0.25, 0.3) is 0 Å². The molecule has 3 rings (SSSR count). The van der Waals surface area contributed by atoms with Crippen molar-refractivity contribution >= 4 is 22.1 Å². The molecule has 0 saturated carbocycles. The third-order valence-electron chi connectivity index (χ3n) is 3.46. The number of thiazole rings is 1. The summed E-state index contributed by atoms with van der Waals surface area (Å²) in [5, 5.41) is 0. The van der Waals surface area contributed by atoms with E-state index in [1.54, 1.807) is 11.3 Å². The molecule has 0 aliphatic carbocycles. The Hall–Kier alpha value is -1.81. The van der Waals surface area contributed by atoms with Crippen LogP contribution in [0.5, 0.6) is 0 Å². The molecule has 0 amide bonds. The fraction of sp³-hybridized carbons (Fsp3) is 0.267. The first-order chi connectivity index (χ1) is 9.11. The van der Waals surface area contributed by atoms with Crippen molar-refractivity contribution in [2.75, 3.05) is 5.73 Å². The summed E-state index contributed by atoms with van der Waals surface area (Å²) in [6, 6.07) is 8.34. The van der Waals surface area contributed by atoms with Crippen LogP contribution in [0.25, 0.3) is 16.2 Å². The lowest BCUT2D eigenvalue weighted by molar-refractivity contribution is 0.994. The second kappa shape index (κ2) is 4.38. The van der Waals surface area contributed by atoms with Crippen LogP contribution in [0.2, 0.25) is 0 Å². The number of benzene rings is 1. The number of rotatable bonds is 2. The standard InChI is InChI=1S/C15H17N3S/c1-4-12-10(3)19-15-17-13(14(16)18(12)15)11-7-5-9(2)6-8-11/h5-8H,4,16H2,1-3H3. The minimum atomic E-state index is 0.750. The molecule has 19 heavy (non-hydrogen) atoms. The molecular weight excluding hydrogens is 254 g/mol. The smallest absolute Gasteiger partial charge is 0.196 e. The van der Waals surface area contributed by atoms with Crippen molar-refractivity contribution in [2.24, 2.45) is 0 Å². The highest BCUT2D eigenvalue weighted by atomic mass is 32.1. The zero-order valence-corrected chi connectivity index (χ0v) is 12.2. The van der Waals surface area contributed by atoms with Gasteiger partial charge in [-0.1, -0.05) is 36.8 Å². The van der Waals surface area contributed by atoms with Crippen molar-refractivity contribution in [2.45, 2.75) is 27.2 Å². The molecule has 0 spiro atoms. The van der Waals surface area contributed by atoms with Gasteiger partial charge in [0, 0.05) is 16.1 Å². The Kier molecular flexibility index (Phi) is 2.82. The molecule has 0 bridgehead atoms. The number of imidazole rings is 1. The summed E-state index contributed by atoms with van der Waals surface area (Å²) in [5.41, 5.74) is 10.8. The van der Waals surface area contributed by atoms with Gasteiger partial charge in [-0.05, 0) is 20.3 Å². The first-order valence-electron chi connectivity index (χ1n) is 6.45. The maximum Gasteiger partial charge on any atom is 0.196 e. The van der Waals surface area contributed by atoms with Crippen LogP contribution < -0.4 is 5.73 Å². The molecule has 0 radical (unpaired) electrons. The number of hydrogen-bond acceptors (Lipinski definition) is 3. The highest BCUT2D eigenvalue weighted by Gasteiger charge is 2.17. The molecular formula is C15H17N3S. The van der Waals surface area contributed by atoms with Gasteiger partial charge in [0.15, 0.2) is 4.96 Å². The molecule has 0 fully saturated rings. The molecule has 0 aliphatic rings. The molecule has 0 aliphatic heterocycles. The van der Waals surface area contributed by atoms with Gasteiger partial charge in [-0.3, -0.25) is 4.40 Å². The van der Waals surface area contributed by atoms with Crippen molar-refractivity contribution in [3.05, 3.63) is 40.4 Å². The average Bonchev–Trinajstić information content (AvgIpc) is 2.87. The Balaban J connectivity index is 2.23. The highest BCUT2D eigenvalue weighted by molar-refractivity contribution is 7.17. The average molecular weight is 271 g/mol. The zero-order chi connectivity index (χ0) is 13.6. The molecule has 3 nitrogen and oxygen atoms in total. The number of nitrogens with two attached hydrogens (primary N) is 1. The van der Waals surface area contributed by atoms with E-state index < -0.39 is 0 Å². The van der Waals surface area contributed by atoms with E-state index >= 15 is 0 Å². The van der Waals surface area contributed by atoms with Gasteiger partial charge in [-0.15, -0.1) is 11.3 Å². The molecule has 0 saturated heterocycles. The lowest BCUT2D eigenvalue weighted by atomic mass is 10.1. The fourth-order valence-electron chi connectivity index (χ4n) is 2.43. The number of fused-ring (bicyclic) bond motifs is 1. The summed E-state index contributed by atoms with van der Waals surface area (Å²) in [5.74, 6) is 0.750. The molecule has 0 atom stereocenters.